The third-order valence-electron chi connectivity index (χ3n) is 2.95. The highest BCUT2D eigenvalue weighted by molar-refractivity contribution is 9.10. The lowest BCUT2D eigenvalue weighted by atomic mass is 9.95. The summed E-state index contributed by atoms with van der Waals surface area (Å²) in [7, 11) is 1.91. The maximum Gasteiger partial charge on any atom is 0.130 e. The van der Waals surface area contributed by atoms with Gasteiger partial charge in [-0.3, -0.25) is 0 Å². The molecule has 0 saturated carbocycles. The number of ether oxygens (including phenoxy) is 1. The van der Waals surface area contributed by atoms with Gasteiger partial charge in [0.2, 0.25) is 0 Å². The minimum absolute atomic E-state index is 0.111. The van der Waals surface area contributed by atoms with E-state index in [0.29, 0.717) is 18.1 Å². The van der Waals surface area contributed by atoms with Crippen molar-refractivity contribution in [1.29, 1.82) is 0 Å². The molecule has 0 radical (unpaired) electrons. The van der Waals surface area contributed by atoms with E-state index < -0.39 is 0 Å². The third kappa shape index (κ3) is 2.44. The average Bonchev–Trinajstić information content (AvgIpc) is 2.67. The Bertz CT molecular complexity index is 372. The van der Waals surface area contributed by atoms with Crippen LogP contribution in [-0.4, -0.2) is 20.2 Å². The van der Waals surface area contributed by atoms with Crippen molar-refractivity contribution >= 4 is 15.9 Å². The molecular weight excluding hydrogens is 273 g/mol. The van der Waals surface area contributed by atoms with Gasteiger partial charge in [-0.05, 0) is 25.6 Å². The zero-order valence-electron chi connectivity index (χ0n) is 9.17. The average molecular weight is 288 g/mol. The Morgan fingerprint density at radius 2 is 2.38 bits per heavy atom. The third-order valence-corrected chi connectivity index (χ3v) is 3.44. The summed E-state index contributed by atoms with van der Waals surface area (Å²) >= 11 is 3.26. The van der Waals surface area contributed by atoms with Crippen molar-refractivity contribution < 1.29 is 9.13 Å². The van der Waals surface area contributed by atoms with Crippen LogP contribution in [0.25, 0.3) is 0 Å². The molecule has 2 atom stereocenters. The first-order valence-corrected chi connectivity index (χ1v) is 6.23. The summed E-state index contributed by atoms with van der Waals surface area (Å²) in [6.45, 7) is 1.58. The van der Waals surface area contributed by atoms with E-state index in [2.05, 4.69) is 21.2 Å². The number of benzene rings is 1. The monoisotopic (exact) mass is 287 g/mol. The fraction of sp³-hybridized carbons (Fsp3) is 0.500. The van der Waals surface area contributed by atoms with E-state index in [1.165, 1.54) is 6.07 Å². The molecule has 4 heteroatoms. The Balaban J connectivity index is 2.22. The van der Waals surface area contributed by atoms with Crippen LogP contribution in [0.15, 0.2) is 22.7 Å². The van der Waals surface area contributed by atoms with E-state index in [0.717, 1.165) is 17.4 Å². The number of nitrogens with one attached hydrogen (secondary N) is 1. The van der Waals surface area contributed by atoms with Crippen LogP contribution in [-0.2, 0) is 4.74 Å². The molecular formula is C12H15BrFNO. The Hall–Kier alpha value is -0.450. The van der Waals surface area contributed by atoms with E-state index in [-0.39, 0.29) is 11.9 Å². The van der Waals surface area contributed by atoms with Gasteiger partial charge in [0.1, 0.15) is 5.82 Å². The van der Waals surface area contributed by atoms with Gasteiger partial charge in [0, 0.05) is 29.1 Å². The van der Waals surface area contributed by atoms with Crippen LogP contribution in [0.4, 0.5) is 4.39 Å². The molecule has 16 heavy (non-hydrogen) atoms. The Morgan fingerprint density at radius 3 is 3.06 bits per heavy atom. The molecule has 1 fully saturated rings. The largest absolute Gasteiger partial charge is 0.373 e. The molecule has 1 N–H and O–H groups in total. The predicted molar refractivity (Wildman–Crippen MR) is 64.8 cm³/mol. The lowest BCUT2D eigenvalue weighted by Crippen LogP contribution is -2.22. The van der Waals surface area contributed by atoms with Crippen LogP contribution in [0.2, 0.25) is 0 Å². The lowest BCUT2D eigenvalue weighted by molar-refractivity contribution is 0.0879. The number of hydrogen-bond donors (Lipinski definition) is 1. The van der Waals surface area contributed by atoms with Crippen molar-refractivity contribution in [3.8, 4) is 0 Å². The normalized spacial score (nSPS) is 24.9. The Morgan fingerprint density at radius 1 is 1.56 bits per heavy atom. The second kappa shape index (κ2) is 5.25. The topological polar surface area (TPSA) is 21.3 Å². The van der Waals surface area contributed by atoms with Gasteiger partial charge in [-0.2, -0.15) is 0 Å². The number of rotatable bonds is 3. The first kappa shape index (κ1) is 12.0. The standard InChI is InChI=1S/C12H15BrFNO/c1-15-7-8-4-5-16-12(8)10-3-2-9(13)6-11(10)14/h2-3,6,8,12,15H,4-5,7H2,1H3. The smallest absolute Gasteiger partial charge is 0.130 e. The zero-order chi connectivity index (χ0) is 11.5. The summed E-state index contributed by atoms with van der Waals surface area (Å²) in [5.41, 5.74) is 0.668. The van der Waals surface area contributed by atoms with Gasteiger partial charge in [0.05, 0.1) is 6.10 Å². The van der Waals surface area contributed by atoms with Gasteiger partial charge in [0.25, 0.3) is 0 Å². The van der Waals surface area contributed by atoms with E-state index in [4.69, 9.17) is 4.74 Å². The van der Waals surface area contributed by atoms with Gasteiger partial charge in [-0.1, -0.05) is 22.0 Å². The van der Waals surface area contributed by atoms with Crippen molar-refractivity contribution in [3.05, 3.63) is 34.1 Å². The maximum absolute atomic E-state index is 13.8. The highest BCUT2D eigenvalue weighted by Crippen LogP contribution is 2.35. The summed E-state index contributed by atoms with van der Waals surface area (Å²) in [6.07, 6.45) is 0.877. The molecule has 2 rings (SSSR count). The highest BCUT2D eigenvalue weighted by Gasteiger charge is 2.30. The summed E-state index contributed by atoms with van der Waals surface area (Å²) in [5, 5.41) is 3.13. The summed E-state index contributed by atoms with van der Waals surface area (Å²) in [5.74, 6) is 0.169. The molecule has 1 aromatic rings. The van der Waals surface area contributed by atoms with Gasteiger partial charge in [0.15, 0.2) is 0 Å². The van der Waals surface area contributed by atoms with E-state index in [1.807, 2.05) is 13.1 Å². The van der Waals surface area contributed by atoms with Crippen LogP contribution >= 0.6 is 15.9 Å². The van der Waals surface area contributed by atoms with Crippen LogP contribution in [0.3, 0.4) is 0 Å². The maximum atomic E-state index is 13.8. The summed E-state index contributed by atoms with van der Waals surface area (Å²) in [6, 6.07) is 5.15. The molecule has 2 unspecified atom stereocenters. The van der Waals surface area contributed by atoms with Crippen molar-refractivity contribution in [2.75, 3.05) is 20.2 Å². The molecule has 1 heterocycles. The minimum atomic E-state index is -0.192. The molecule has 1 aliphatic heterocycles. The molecule has 1 saturated heterocycles. The second-order valence-electron chi connectivity index (χ2n) is 4.06. The molecule has 2 nitrogen and oxygen atoms in total. The number of hydrogen-bond acceptors (Lipinski definition) is 2. The molecule has 88 valence electrons. The lowest BCUT2D eigenvalue weighted by Gasteiger charge is -2.19. The van der Waals surface area contributed by atoms with Crippen LogP contribution < -0.4 is 5.32 Å². The fourth-order valence-corrected chi connectivity index (χ4v) is 2.51. The van der Waals surface area contributed by atoms with Crippen LogP contribution in [0.5, 0.6) is 0 Å². The van der Waals surface area contributed by atoms with Crippen molar-refractivity contribution in [2.24, 2.45) is 5.92 Å². The molecule has 0 spiro atoms. The SMILES string of the molecule is CNCC1CCOC1c1ccc(Br)cc1F. The fourth-order valence-electron chi connectivity index (χ4n) is 2.18. The van der Waals surface area contributed by atoms with E-state index >= 15 is 0 Å². The molecule has 0 aromatic heterocycles. The van der Waals surface area contributed by atoms with Gasteiger partial charge in [-0.25, -0.2) is 4.39 Å². The minimum Gasteiger partial charge on any atom is -0.373 e. The molecule has 0 amide bonds. The first-order valence-electron chi connectivity index (χ1n) is 5.43. The van der Waals surface area contributed by atoms with Crippen molar-refractivity contribution in [1.82, 2.24) is 5.32 Å². The quantitative estimate of drug-likeness (QED) is 0.923. The number of halogens is 2. The van der Waals surface area contributed by atoms with Gasteiger partial charge in [-0.15, -0.1) is 0 Å². The molecule has 0 bridgehead atoms. The summed E-state index contributed by atoms with van der Waals surface area (Å²) < 4.78 is 20.2. The zero-order valence-corrected chi connectivity index (χ0v) is 10.8. The molecule has 1 aromatic carbocycles. The molecule has 0 aliphatic carbocycles. The first-order chi connectivity index (χ1) is 7.72. The van der Waals surface area contributed by atoms with Crippen molar-refractivity contribution in [3.63, 3.8) is 0 Å². The Kier molecular flexibility index (Phi) is 3.95. The second-order valence-corrected chi connectivity index (χ2v) is 4.98. The Labute approximate surface area is 103 Å². The predicted octanol–water partition coefficient (Wildman–Crippen LogP) is 2.89. The van der Waals surface area contributed by atoms with Crippen LogP contribution in [0, 0.1) is 11.7 Å². The molecule has 1 aliphatic rings. The van der Waals surface area contributed by atoms with Gasteiger partial charge < -0.3 is 10.1 Å². The highest BCUT2D eigenvalue weighted by atomic mass is 79.9. The van der Waals surface area contributed by atoms with Crippen LogP contribution in [0.1, 0.15) is 18.1 Å². The van der Waals surface area contributed by atoms with E-state index in [9.17, 15) is 4.39 Å². The summed E-state index contributed by atoms with van der Waals surface area (Å²) in [4.78, 5) is 0. The van der Waals surface area contributed by atoms with E-state index in [1.54, 1.807) is 6.07 Å². The van der Waals surface area contributed by atoms with Gasteiger partial charge >= 0.3 is 0 Å². The van der Waals surface area contributed by atoms with Crippen molar-refractivity contribution in [2.45, 2.75) is 12.5 Å².